The number of nitrogens with zero attached hydrogens (tertiary/aromatic N) is 3. The summed E-state index contributed by atoms with van der Waals surface area (Å²) >= 11 is 1.30. The van der Waals surface area contributed by atoms with Gasteiger partial charge in [-0.05, 0) is 62.2 Å². The third kappa shape index (κ3) is 7.54. The number of carbonyl (C=O) groups excluding carboxylic acids is 2. The highest BCUT2D eigenvalue weighted by molar-refractivity contribution is 8.00. The zero-order valence-electron chi connectivity index (χ0n) is 20.4. The van der Waals surface area contributed by atoms with Crippen molar-refractivity contribution in [1.82, 2.24) is 14.8 Å². The zero-order valence-corrected chi connectivity index (χ0v) is 21.2. The average Bonchev–Trinajstić information content (AvgIpc) is 3.16. The fourth-order valence-corrected chi connectivity index (χ4v) is 4.19. The number of amides is 2. The van der Waals surface area contributed by atoms with Crippen LogP contribution in [0.1, 0.15) is 46.5 Å². The largest absolute Gasteiger partial charge is 0.483 e. The highest BCUT2D eigenvalue weighted by atomic mass is 32.2. The molecular formula is C25H30FN5O3S. The summed E-state index contributed by atoms with van der Waals surface area (Å²) in [6.45, 7) is 9.90. The Morgan fingerprint density at radius 1 is 1.03 bits per heavy atom. The molecule has 0 aliphatic heterocycles. The molecule has 0 bridgehead atoms. The summed E-state index contributed by atoms with van der Waals surface area (Å²) in [7, 11) is 0. The Hall–Kier alpha value is -3.40. The number of rotatable bonds is 10. The van der Waals surface area contributed by atoms with Crippen LogP contribution in [0.25, 0.3) is 0 Å². The lowest BCUT2D eigenvalue weighted by Crippen LogP contribution is -2.23. The van der Waals surface area contributed by atoms with Crippen LogP contribution in [-0.2, 0) is 16.1 Å². The summed E-state index contributed by atoms with van der Waals surface area (Å²) in [5, 5.41) is 14.4. The molecular weight excluding hydrogens is 469 g/mol. The van der Waals surface area contributed by atoms with Gasteiger partial charge >= 0.3 is 0 Å². The Labute approximate surface area is 208 Å². The van der Waals surface area contributed by atoms with E-state index < -0.39 is 11.4 Å². The molecule has 186 valence electrons. The van der Waals surface area contributed by atoms with Crippen molar-refractivity contribution in [3.63, 3.8) is 0 Å². The third-order valence-electron chi connectivity index (χ3n) is 4.89. The molecule has 2 N–H and O–H groups in total. The first-order valence-corrected chi connectivity index (χ1v) is 12.2. The predicted molar refractivity (Wildman–Crippen MR) is 135 cm³/mol. The third-order valence-corrected chi connectivity index (χ3v) is 5.97. The fraction of sp³-hybridized carbons (Fsp3) is 0.360. The molecule has 2 aromatic carbocycles. The average molecular weight is 500 g/mol. The second-order valence-corrected chi connectivity index (χ2v) is 9.88. The van der Waals surface area contributed by atoms with Gasteiger partial charge in [0.2, 0.25) is 11.8 Å². The number of hydrogen-bond donors (Lipinski definition) is 2. The monoisotopic (exact) mass is 499 g/mol. The molecule has 35 heavy (non-hydrogen) atoms. The molecule has 0 aliphatic carbocycles. The van der Waals surface area contributed by atoms with E-state index in [-0.39, 0.29) is 17.6 Å². The maximum atomic E-state index is 13.2. The molecule has 3 aromatic rings. The van der Waals surface area contributed by atoms with E-state index in [9.17, 15) is 14.0 Å². The molecule has 0 radical (unpaired) electrons. The molecule has 2 amide bonds. The number of aromatic nitrogens is 3. The summed E-state index contributed by atoms with van der Waals surface area (Å²) in [4.78, 5) is 24.2. The predicted octanol–water partition coefficient (Wildman–Crippen LogP) is 5.29. The van der Waals surface area contributed by atoms with Gasteiger partial charge in [-0.25, -0.2) is 4.39 Å². The standard InChI is InChI=1S/C25H30FN5O3S/c1-15(2)14-31-23(16(3)34-22-11-9-19(26)10-12-22)29-30-25(31)35-17(4)24(33)28-21-8-6-7-20(13-21)27-18(5)32/h6-13,15-17H,14H2,1-5H3,(H,27,32)(H,28,33). The van der Waals surface area contributed by atoms with Crippen LogP contribution in [0.5, 0.6) is 5.75 Å². The van der Waals surface area contributed by atoms with Crippen LogP contribution in [-0.4, -0.2) is 31.8 Å². The van der Waals surface area contributed by atoms with Gasteiger partial charge in [0, 0.05) is 24.8 Å². The number of nitrogens with one attached hydrogen (secondary N) is 2. The van der Waals surface area contributed by atoms with Crippen LogP contribution in [0.15, 0.2) is 53.7 Å². The van der Waals surface area contributed by atoms with Crippen molar-refractivity contribution < 1.29 is 18.7 Å². The van der Waals surface area contributed by atoms with Gasteiger partial charge in [0.1, 0.15) is 11.6 Å². The van der Waals surface area contributed by atoms with Crippen LogP contribution >= 0.6 is 11.8 Å². The molecule has 2 unspecified atom stereocenters. The number of halogens is 1. The van der Waals surface area contributed by atoms with Crippen molar-refractivity contribution in [3.05, 3.63) is 60.2 Å². The fourth-order valence-electron chi connectivity index (χ4n) is 3.33. The molecule has 0 saturated heterocycles. The van der Waals surface area contributed by atoms with Gasteiger partial charge in [0.05, 0.1) is 5.25 Å². The minimum atomic E-state index is -0.462. The second-order valence-electron chi connectivity index (χ2n) is 8.57. The van der Waals surface area contributed by atoms with E-state index in [0.717, 1.165) is 0 Å². The number of hydrogen-bond acceptors (Lipinski definition) is 6. The van der Waals surface area contributed by atoms with Crippen molar-refractivity contribution in [1.29, 1.82) is 0 Å². The Bertz CT molecular complexity index is 1170. The van der Waals surface area contributed by atoms with E-state index >= 15 is 0 Å². The molecule has 3 rings (SSSR count). The van der Waals surface area contributed by atoms with E-state index in [1.165, 1.54) is 30.8 Å². The molecule has 1 heterocycles. The van der Waals surface area contributed by atoms with Crippen LogP contribution in [0.2, 0.25) is 0 Å². The second kappa shape index (κ2) is 11.8. The Morgan fingerprint density at radius 3 is 2.31 bits per heavy atom. The number of benzene rings is 2. The normalized spacial score (nSPS) is 12.8. The van der Waals surface area contributed by atoms with E-state index in [0.29, 0.717) is 40.6 Å². The molecule has 10 heteroatoms. The quantitative estimate of drug-likeness (QED) is 0.368. The molecule has 0 saturated carbocycles. The summed E-state index contributed by atoms with van der Waals surface area (Å²) < 4.78 is 21.1. The topological polar surface area (TPSA) is 98.1 Å². The van der Waals surface area contributed by atoms with Crippen LogP contribution < -0.4 is 15.4 Å². The van der Waals surface area contributed by atoms with Gasteiger partial charge in [-0.15, -0.1) is 10.2 Å². The number of ether oxygens (including phenoxy) is 1. The first-order chi connectivity index (χ1) is 16.6. The van der Waals surface area contributed by atoms with Crippen molar-refractivity contribution in [2.24, 2.45) is 5.92 Å². The zero-order chi connectivity index (χ0) is 25.5. The number of thioether (sulfide) groups is 1. The molecule has 0 spiro atoms. The van der Waals surface area contributed by atoms with Gasteiger partial charge < -0.3 is 19.9 Å². The van der Waals surface area contributed by atoms with Crippen molar-refractivity contribution in [2.75, 3.05) is 10.6 Å². The summed E-state index contributed by atoms with van der Waals surface area (Å²) in [6, 6.07) is 12.8. The lowest BCUT2D eigenvalue weighted by Gasteiger charge is -2.19. The molecule has 0 fully saturated rings. The number of anilines is 2. The van der Waals surface area contributed by atoms with Crippen molar-refractivity contribution >= 4 is 35.0 Å². The molecule has 2 atom stereocenters. The Morgan fingerprint density at radius 2 is 1.69 bits per heavy atom. The summed E-state index contributed by atoms with van der Waals surface area (Å²) in [5.74, 6) is 0.743. The van der Waals surface area contributed by atoms with Crippen molar-refractivity contribution in [3.8, 4) is 5.75 Å². The number of carbonyl (C=O) groups is 2. The smallest absolute Gasteiger partial charge is 0.237 e. The van der Waals surface area contributed by atoms with E-state index in [1.54, 1.807) is 43.3 Å². The highest BCUT2D eigenvalue weighted by Crippen LogP contribution is 2.28. The maximum absolute atomic E-state index is 13.2. The van der Waals surface area contributed by atoms with Crippen molar-refractivity contribution in [2.45, 2.75) is 57.7 Å². The van der Waals surface area contributed by atoms with Crippen LogP contribution in [0.4, 0.5) is 15.8 Å². The molecule has 0 aliphatic rings. The van der Waals surface area contributed by atoms with E-state index in [4.69, 9.17) is 4.74 Å². The van der Waals surface area contributed by atoms with Crippen LogP contribution in [0.3, 0.4) is 0 Å². The molecule has 8 nitrogen and oxygen atoms in total. The lowest BCUT2D eigenvalue weighted by molar-refractivity contribution is -0.115. The van der Waals surface area contributed by atoms with Gasteiger partial charge in [-0.2, -0.15) is 0 Å². The summed E-state index contributed by atoms with van der Waals surface area (Å²) in [5.41, 5.74) is 1.19. The Kier molecular flexibility index (Phi) is 8.86. The minimum absolute atomic E-state index is 0.185. The lowest BCUT2D eigenvalue weighted by atomic mass is 10.2. The van der Waals surface area contributed by atoms with Gasteiger partial charge in [-0.1, -0.05) is 31.7 Å². The first-order valence-electron chi connectivity index (χ1n) is 11.3. The van der Waals surface area contributed by atoms with Gasteiger partial charge in [-0.3, -0.25) is 9.59 Å². The van der Waals surface area contributed by atoms with E-state index in [1.807, 2.05) is 11.5 Å². The van der Waals surface area contributed by atoms with Gasteiger partial charge in [0.15, 0.2) is 17.1 Å². The highest BCUT2D eigenvalue weighted by Gasteiger charge is 2.24. The Balaban J connectivity index is 1.72. The first kappa shape index (κ1) is 26.2. The van der Waals surface area contributed by atoms with E-state index in [2.05, 4.69) is 34.7 Å². The summed E-state index contributed by atoms with van der Waals surface area (Å²) in [6.07, 6.45) is -0.429. The van der Waals surface area contributed by atoms with Crippen LogP contribution in [0, 0.1) is 11.7 Å². The molecule has 1 aromatic heterocycles. The van der Waals surface area contributed by atoms with Gasteiger partial charge in [0.25, 0.3) is 0 Å². The minimum Gasteiger partial charge on any atom is -0.483 e. The SMILES string of the molecule is CC(=O)Nc1cccc(NC(=O)C(C)Sc2nnc(C(C)Oc3ccc(F)cc3)n2CC(C)C)c1. The maximum Gasteiger partial charge on any atom is 0.237 e.